The number of aryl methyl sites for hydroxylation is 1. The average Bonchev–Trinajstić information content (AvgIpc) is 2.98. The largest absolute Gasteiger partial charge is 0.311 e. The van der Waals surface area contributed by atoms with Crippen molar-refractivity contribution in [3.8, 4) is 0 Å². The van der Waals surface area contributed by atoms with E-state index in [0.29, 0.717) is 12.2 Å². The van der Waals surface area contributed by atoms with Gasteiger partial charge < -0.3 is 5.32 Å². The van der Waals surface area contributed by atoms with Crippen LogP contribution in [0.4, 0.5) is 5.82 Å². The molecule has 2 N–H and O–H groups in total. The topological polar surface area (TPSA) is 75.1 Å². The maximum Gasteiger partial charge on any atom is 0.231 e. The van der Waals surface area contributed by atoms with Crippen LogP contribution in [0.5, 0.6) is 0 Å². The molecule has 3 aromatic heterocycles. The van der Waals surface area contributed by atoms with E-state index < -0.39 is 0 Å². The molecule has 0 unspecified atom stereocenters. The zero-order chi connectivity index (χ0) is 12.5. The monoisotopic (exact) mass is 261 g/mol. The maximum absolute atomic E-state index is 11.8. The second-order valence-electron chi connectivity index (χ2n) is 3.96. The number of thiazole rings is 1. The summed E-state index contributed by atoms with van der Waals surface area (Å²) in [6, 6.07) is 1.71. The van der Waals surface area contributed by atoms with Crippen LogP contribution in [0.15, 0.2) is 23.8 Å². The molecule has 7 heteroatoms. The van der Waals surface area contributed by atoms with Crippen molar-refractivity contribution < 1.29 is 4.79 Å². The number of fused-ring (bicyclic) bond motifs is 1. The van der Waals surface area contributed by atoms with E-state index in [1.807, 2.05) is 22.9 Å². The highest BCUT2D eigenvalue weighted by Crippen LogP contribution is 2.17. The number of aromatic amines is 1. The van der Waals surface area contributed by atoms with E-state index in [9.17, 15) is 4.79 Å². The molecule has 0 saturated carbocycles. The first-order valence-corrected chi connectivity index (χ1v) is 6.31. The van der Waals surface area contributed by atoms with Crippen LogP contribution in [-0.4, -0.2) is 25.5 Å². The Morgan fingerprint density at radius 3 is 3.28 bits per heavy atom. The van der Waals surface area contributed by atoms with Gasteiger partial charge in [0.25, 0.3) is 0 Å². The van der Waals surface area contributed by atoms with E-state index in [4.69, 9.17) is 0 Å². The molecule has 6 nitrogen and oxygen atoms in total. The number of rotatable bonds is 3. The van der Waals surface area contributed by atoms with Crippen molar-refractivity contribution in [3.05, 3.63) is 35.2 Å². The molecule has 0 saturated heterocycles. The maximum atomic E-state index is 11.8. The number of imidazole rings is 1. The number of hydrogen-bond acceptors (Lipinski definition) is 4. The van der Waals surface area contributed by atoms with Gasteiger partial charge in [0.2, 0.25) is 5.91 Å². The highest BCUT2D eigenvalue weighted by molar-refractivity contribution is 7.15. The molecule has 0 aliphatic rings. The van der Waals surface area contributed by atoms with Crippen molar-refractivity contribution in [2.45, 2.75) is 13.3 Å². The lowest BCUT2D eigenvalue weighted by Crippen LogP contribution is -2.15. The number of nitrogens with one attached hydrogen (secondary N) is 2. The van der Waals surface area contributed by atoms with E-state index in [0.717, 1.165) is 16.3 Å². The summed E-state index contributed by atoms with van der Waals surface area (Å²) < 4.78 is 1.95. The van der Waals surface area contributed by atoms with Crippen molar-refractivity contribution in [2.24, 2.45) is 0 Å². The molecule has 3 heterocycles. The summed E-state index contributed by atoms with van der Waals surface area (Å²) >= 11 is 1.54. The van der Waals surface area contributed by atoms with Crippen molar-refractivity contribution in [1.82, 2.24) is 19.6 Å². The number of nitrogens with zero attached hydrogens (tertiary/aromatic N) is 3. The van der Waals surface area contributed by atoms with Crippen molar-refractivity contribution in [3.63, 3.8) is 0 Å². The summed E-state index contributed by atoms with van der Waals surface area (Å²) in [4.78, 5) is 17.1. The number of H-pyrrole nitrogens is 1. The third-order valence-corrected chi connectivity index (χ3v) is 3.41. The Hall–Kier alpha value is -2.15. The smallest absolute Gasteiger partial charge is 0.231 e. The molecule has 18 heavy (non-hydrogen) atoms. The number of aromatic nitrogens is 4. The fourth-order valence-corrected chi connectivity index (χ4v) is 2.67. The number of carbonyl (C=O) groups is 1. The van der Waals surface area contributed by atoms with E-state index in [2.05, 4.69) is 20.5 Å². The summed E-state index contributed by atoms with van der Waals surface area (Å²) in [5, 5.41) is 11.2. The Kier molecular flexibility index (Phi) is 2.60. The van der Waals surface area contributed by atoms with Crippen LogP contribution in [0, 0.1) is 6.92 Å². The van der Waals surface area contributed by atoms with Gasteiger partial charge in [-0.2, -0.15) is 5.10 Å². The number of carbonyl (C=O) groups excluding carboxylic acids is 1. The van der Waals surface area contributed by atoms with Gasteiger partial charge in [-0.1, -0.05) is 0 Å². The predicted octanol–water partition coefficient (Wildman–Crippen LogP) is 1.61. The van der Waals surface area contributed by atoms with Gasteiger partial charge in [0.15, 0.2) is 4.96 Å². The Morgan fingerprint density at radius 2 is 2.50 bits per heavy atom. The van der Waals surface area contributed by atoms with Crippen molar-refractivity contribution in [1.29, 1.82) is 0 Å². The first-order chi connectivity index (χ1) is 8.72. The van der Waals surface area contributed by atoms with Gasteiger partial charge in [-0.3, -0.25) is 14.3 Å². The number of hydrogen-bond donors (Lipinski definition) is 2. The fourth-order valence-electron chi connectivity index (χ4n) is 1.75. The lowest BCUT2D eigenvalue weighted by Gasteiger charge is -2.01. The van der Waals surface area contributed by atoms with Gasteiger partial charge in [-0.05, 0) is 6.92 Å². The molecule has 0 fully saturated rings. The second-order valence-corrected chi connectivity index (χ2v) is 4.79. The summed E-state index contributed by atoms with van der Waals surface area (Å²) in [7, 11) is 0. The summed E-state index contributed by atoms with van der Waals surface area (Å²) in [5.74, 6) is 0.526. The van der Waals surface area contributed by atoms with E-state index >= 15 is 0 Å². The van der Waals surface area contributed by atoms with E-state index in [-0.39, 0.29) is 5.91 Å². The molecule has 0 spiro atoms. The lowest BCUT2D eigenvalue weighted by molar-refractivity contribution is -0.115. The third kappa shape index (κ3) is 2.00. The zero-order valence-electron chi connectivity index (χ0n) is 9.67. The molecule has 0 bridgehead atoms. The Balaban J connectivity index is 1.77. The van der Waals surface area contributed by atoms with Gasteiger partial charge in [-0.15, -0.1) is 11.3 Å². The molecule has 0 aliphatic carbocycles. The highest BCUT2D eigenvalue weighted by atomic mass is 32.1. The van der Waals surface area contributed by atoms with Gasteiger partial charge in [-0.25, -0.2) is 4.98 Å². The third-order valence-electron chi connectivity index (χ3n) is 2.52. The van der Waals surface area contributed by atoms with E-state index in [1.54, 1.807) is 12.3 Å². The van der Waals surface area contributed by atoms with Crippen molar-refractivity contribution >= 4 is 28.0 Å². The minimum absolute atomic E-state index is 0.0784. The molecule has 3 aromatic rings. The molecular formula is C11H11N5OS. The van der Waals surface area contributed by atoms with Crippen LogP contribution in [0.25, 0.3) is 4.96 Å². The highest BCUT2D eigenvalue weighted by Gasteiger charge is 2.10. The lowest BCUT2D eigenvalue weighted by atomic mass is 10.3. The van der Waals surface area contributed by atoms with Gasteiger partial charge in [0.05, 0.1) is 18.3 Å². The van der Waals surface area contributed by atoms with E-state index in [1.165, 1.54) is 11.3 Å². The molecule has 92 valence electrons. The average molecular weight is 261 g/mol. The van der Waals surface area contributed by atoms with Crippen LogP contribution < -0.4 is 5.32 Å². The normalized spacial score (nSPS) is 10.9. The second kappa shape index (κ2) is 4.26. The fraction of sp³-hybridized carbons (Fsp3) is 0.182. The molecular weight excluding hydrogens is 250 g/mol. The van der Waals surface area contributed by atoms with Crippen LogP contribution >= 0.6 is 11.3 Å². The minimum Gasteiger partial charge on any atom is -0.311 e. The Labute approximate surface area is 107 Å². The zero-order valence-corrected chi connectivity index (χ0v) is 10.5. The van der Waals surface area contributed by atoms with Gasteiger partial charge >= 0.3 is 0 Å². The Bertz CT molecular complexity index is 681. The predicted molar refractivity (Wildman–Crippen MR) is 68.7 cm³/mol. The SMILES string of the molecule is Cc1cn2c(CC(=O)Nc3ccn[nH]3)csc2n1. The molecule has 0 aromatic carbocycles. The summed E-state index contributed by atoms with van der Waals surface area (Å²) in [6.07, 6.45) is 3.84. The minimum atomic E-state index is -0.0784. The summed E-state index contributed by atoms with van der Waals surface area (Å²) in [6.45, 7) is 1.94. The van der Waals surface area contributed by atoms with Crippen LogP contribution in [0.1, 0.15) is 11.4 Å². The standard InChI is InChI=1S/C11H11N5OS/c1-7-5-16-8(6-18-11(16)13-7)4-10(17)14-9-2-3-12-15-9/h2-3,5-6H,4H2,1H3,(H2,12,14,15,17). The van der Waals surface area contributed by atoms with Crippen LogP contribution in [0.2, 0.25) is 0 Å². The first-order valence-electron chi connectivity index (χ1n) is 5.43. The van der Waals surface area contributed by atoms with Crippen LogP contribution in [0.3, 0.4) is 0 Å². The molecule has 0 radical (unpaired) electrons. The van der Waals surface area contributed by atoms with Gasteiger partial charge in [0.1, 0.15) is 5.82 Å². The number of anilines is 1. The molecule has 0 atom stereocenters. The summed E-state index contributed by atoms with van der Waals surface area (Å²) in [5.41, 5.74) is 1.89. The molecule has 3 rings (SSSR count). The van der Waals surface area contributed by atoms with Crippen molar-refractivity contribution in [2.75, 3.05) is 5.32 Å². The van der Waals surface area contributed by atoms with Gasteiger partial charge in [0, 0.05) is 23.3 Å². The molecule has 0 aliphatic heterocycles. The molecule has 1 amide bonds. The quantitative estimate of drug-likeness (QED) is 0.752. The number of amides is 1. The van der Waals surface area contributed by atoms with Crippen LogP contribution in [-0.2, 0) is 11.2 Å². The first kappa shape index (κ1) is 11.0. The Morgan fingerprint density at radius 1 is 1.61 bits per heavy atom.